The zero-order chi connectivity index (χ0) is 14.5. The van der Waals surface area contributed by atoms with Gasteiger partial charge in [0.2, 0.25) is 5.91 Å². The van der Waals surface area contributed by atoms with Gasteiger partial charge in [-0.05, 0) is 31.4 Å². The molecule has 1 aliphatic carbocycles. The Labute approximate surface area is 116 Å². The molecule has 0 unspecified atom stereocenters. The molecule has 7 nitrogen and oxygen atoms in total. The zero-order valence-corrected chi connectivity index (χ0v) is 11.1. The van der Waals surface area contributed by atoms with Crippen molar-refractivity contribution in [3.8, 4) is 0 Å². The van der Waals surface area contributed by atoms with Gasteiger partial charge in [0.15, 0.2) is 5.69 Å². The maximum Gasteiger partial charge on any atom is 0.354 e. The molecule has 1 heterocycles. The van der Waals surface area contributed by atoms with Gasteiger partial charge in [0.25, 0.3) is 0 Å². The molecule has 7 heteroatoms. The van der Waals surface area contributed by atoms with Gasteiger partial charge >= 0.3 is 5.97 Å². The Morgan fingerprint density at radius 2 is 2.15 bits per heavy atom. The molecule has 1 aliphatic rings. The van der Waals surface area contributed by atoms with Crippen LogP contribution in [0.1, 0.15) is 36.2 Å². The lowest BCUT2D eigenvalue weighted by Crippen LogP contribution is -2.25. The number of pyridine rings is 1. The number of carbonyl (C=O) groups excluding carboxylic acids is 1. The van der Waals surface area contributed by atoms with Crippen molar-refractivity contribution in [1.82, 2.24) is 10.3 Å². The summed E-state index contributed by atoms with van der Waals surface area (Å²) in [5, 5.41) is 14.7. The molecule has 0 saturated heterocycles. The Hall–Kier alpha value is -2.31. The molecule has 1 fully saturated rings. The van der Waals surface area contributed by atoms with E-state index in [0.29, 0.717) is 36.9 Å². The number of hydrogen-bond donors (Lipinski definition) is 4. The van der Waals surface area contributed by atoms with Gasteiger partial charge in [-0.1, -0.05) is 0 Å². The third-order valence-corrected chi connectivity index (χ3v) is 2.96. The molecule has 0 radical (unpaired) electrons. The monoisotopic (exact) mass is 278 g/mol. The van der Waals surface area contributed by atoms with Crippen molar-refractivity contribution in [1.29, 1.82) is 0 Å². The fourth-order valence-corrected chi connectivity index (χ4v) is 1.71. The normalized spacial score (nSPS) is 13.8. The average Bonchev–Trinajstić information content (AvgIpc) is 3.20. The molecule has 0 atom stereocenters. The van der Waals surface area contributed by atoms with Crippen LogP contribution < -0.4 is 16.4 Å². The molecule has 0 spiro atoms. The van der Waals surface area contributed by atoms with Gasteiger partial charge in [-0.3, -0.25) is 4.79 Å². The molecule has 2 rings (SSSR count). The maximum absolute atomic E-state index is 11.5. The van der Waals surface area contributed by atoms with E-state index < -0.39 is 5.97 Å². The van der Waals surface area contributed by atoms with E-state index in [1.54, 1.807) is 0 Å². The minimum atomic E-state index is -1.10. The molecule has 1 amide bonds. The number of nitrogens with zero attached hydrogens (tertiary/aromatic N) is 1. The predicted octanol–water partition coefficient (Wildman–Crippen LogP) is 0.833. The molecule has 0 aromatic carbocycles. The summed E-state index contributed by atoms with van der Waals surface area (Å²) in [5.74, 6) is -0.709. The summed E-state index contributed by atoms with van der Waals surface area (Å²) >= 11 is 0. The van der Waals surface area contributed by atoms with E-state index in [1.165, 1.54) is 12.1 Å². The van der Waals surface area contributed by atoms with Gasteiger partial charge in [-0.15, -0.1) is 0 Å². The number of amides is 1. The lowest BCUT2D eigenvalue weighted by Gasteiger charge is -2.09. The van der Waals surface area contributed by atoms with Crippen LogP contribution in [0.4, 0.5) is 11.5 Å². The van der Waals surface area contributed by atoms with E-state index in [9.17, 15) is 9.59 Å². The lowest BCUT2D eigenvalue weighted by molar-refractivity contribution is -0.121. The first kappa shape index (κ1) is 14.1. The molecular weight excluding hydrogens is 260 g/mol. The number of nitrogen functional groups attached to an aromatic ring is 1. The van der Waals surface area contributed by atoms with Gasteiger partial charge in [0, 0.05) is 19.0 Å². The molecular formula is C13H18N4O3. The van der Waals surface area contributed by atoms with Crippen molar-refractivity contribution in [2.45, 2.75) is 31.7 Å². The van der Waals surface area contributed by atoms with Crippen molar-refractivity contribution >= 4 is 23.4 Å². The number of rotatable bonds is 7. The van der Waals surface area contributed by atoms with Gasteiger partial charge in [0.05, 0.1) is 5.69 Å². The first-order valence-corrected chi connectivity index (χ1v) is 6.59. The molecule has 0 aliphatic heterocycles. The van der Waals surface area contributed by atoms with E-state index in [1.807, 2.05) is 0 Å². The first-order valence-electron chi connectivity index (χ1n) is 6.59. The third kappa shape index (κ3) is 4.11. The summed E-state index contributed by atoms with van der Waals surface area (Å²) in [4.78, 5) is 26.2. The van der Waals surface area contributed by atoms with E-state index in [2.05, 4.69) is 15.6 Å². The summed E-state index contributed by atoms with van der Waals surface area (Å²) in [6, 6.07) is 3.23. The Balaban J connectivity index is 1.76. The highest BCUT2D eigenvalue weighted by Crippen LogP contribution is 2.19. The number of aromatic nitrogens is 1. The number of anilines is 2. The number of nitrogens with two attached hydrogens (primary N) is 1. The summed E-state index contributed by atoms with van der Waals surface area (Å²) in [7, 11) is 0. The number of aromatic carboxylic acids is 1. The second-order valence-electron chi connectivity index (χ2n) is 4.81. The third-order valence-electron chi connectivity index (χ3n) is 2.96. The minimum absolute atomic E-state index is 0.0505. The van der Waals surface area contributed by atoms with Crippen LogP contribution in [-0.2, 0) is 4.79 Å². The molecule has 5 N–H and O–H groups in total. The quantitative estimate of drug-likeness (QED) is 0.549. The van der Waals surface area contributed by atoms with Crippen molar-refractivity contribution in [2.75, 3.05) is 17.6 Å². The predicted molar refractivity (Wildman–Crippen MR) is 74.5 cm³/mol. The standard InChI is InChI=1S/C13H18N4O3/c14-9-5-6-10(13(19)20)17-12(9)15-7-1-2-11(18)16-8-3-4-8/h5-6,8H,1-4,7,14H2,(H,15,17)(H,16,18)(H,19,20). The van der Waals surface area contributed by atoms with E-state index in [4.69, 9.17) is 10.8 Å². The SMILES string of the molecule is Nc1ccc(C(=O)O)nc1NCCCC(=O)NC1CC1. The Morgan fingerprint density at radius 1 is 1.40 bits per heavy atom. The van der Waals surface area contributed by atoms with Crippen LogP contribution >= 0.6 is 0 Å². The lowest BCUT2D eigenvalue weighted by atomic mass is 10.2. The largest absolute Gasteiger partial charge is 0.477 e. The first-order chi connectivity index (χ1) is 9.56. The highest BCUT2D eigenvalue weighted by molar-refractivity contribution is 5.86. The second kappa shape index (κ2) is 6.23. The van der Waals surface area contributed by atoms with E-state index >= 15 is 0 Å². The van der Waals surface area contributed by atoms with Crippen LogP contribution in [0.5, 0.6) is 0 Å². The number of carbonyl (C=O) groups is 2. The average molecular weight is 278 g/mol. The van der Waals surface area contributed by atoms with Crippen molar-refractivity contribution in [3.05, 3.63) is 17.8 Å². The number of hydrogen-bond acceptors (Lipinski definition) is 5. The molecule has 20 heavy (non-hydrogen) atoms. The van der Waals surface area contributed by atoms with Gasteiger partial charge in [0.1, 0.15) is 5.82 Å². The van der Waals surface area contributed by atoms with E-state index in [-0.39, 0.29) is 11.6 Å². The highest BCUT2D eigenvalue weighted by Gasteiger charge is 2.22. The number of carboxylic acids is 1. The topological polar surface area (TPSA) is 117 Å². The number of nitrogens with one attached hydrogen (secondary N) is 2. The Morgan fingerprint density at radius 3 is 2.80 bits per heavy atom. The fourth-order valence-electron chi connectivity index (χ4n) is 1.71. The van der Waals surface area contributed by atoms with Crippen LogP contribution in [0.25, 0.3) is 0 Å². The minimum Gasteiger partial charge on any atom is -0.477 e. The van der Waals surface area contributed by atoms with Crippen molar-refractivity contribution in [2.24, 2.45) is 0 Å². The van der Waals surface area contributed by atoms with Gasteiger partial charge in [-0.25, -0.2) is 9.78 Å². The van der Waals surface area contributed by atoms with Gasteiger partial charge < -0.3 is 21.5 Å². The summed E-state index contributed by atoms with van der Waals surface area (Å²) in [6.45, 7) is 0.512. The fraction of sp³-hybridized carbons (Fsp3) is 0.462. The summed E-state index contributed by atoms with van der Waals surface area (Å²) < 4.78 is 0. The van der Waals surface area contributed by atoms with Crippen LogP contribution in [0, 0.1) is 0 Å². The second-order valence-corrected chi connectivity index (χ2v) is 4.81. The van der Waals surface area contributed by atoms with Crippen molar-refractivity contribution < 1.29 is 14.7 Å². The maximum atomic E-state index is 11.5. The molecule has 1 aromatic rings. The van der Waals surface area contributed by atoms with E-state index in [0.717, 1.165) is 12.8 Å². The molecule has 1 aromatic heterocycles. The highest BCUT2D eigenvalue weighted by atomic mass is 16.4. The zero-order valence-electron chi connectivity index (χ0n) is 11.1. The molecule has 108 valence electrons. The smallest absolute Gasteiger partial charge is 0.354 e. The Bertz CT molecular complexity index is 514. The number of carboxylic acid groups (broad SMARTS) is 1. The molecule has 0 bridgehead atoms. The Kier molecular flexibility index (Phi) is 4.39. The van der Waals surface area contributed by atoms with Crippen LogP contribution in [-0.4, -0.2) is 34.6 Å². The van der Waals surface area contributed by atoms with Crippen LogP contribution in [0.15, 0.2) is 12.1 Å². The van der Waals surface area contributed by atoms with Gasteiger partial charge in [-0.2, -0.15) is 0 Å². The van der Waals surface area contributed by atoms with Crippen LogP contribution in [0.3, 0.4) is 0 Å². The summed E-state index contributed by atoms with van der Waals surface area (Å²) in [6.07, 6.45) is 3.22. The molecule has 1 saturated carbocycles. The van der Waals surface area contributed by atoms with Crippen molar-refractivity contribution in [3.63, 3.8) is 0 Å². The summed E-state index contributed by atoms with van der Waals surface area (Å²) in [5.41, 5.74) is 6.03. The van der Waals surface area contributed by atoms with Crippen LogP contribution in [0.2, 0.25) is 0 Å².